The monoisotopic (exact) mass is 267 g/mol. The van der Waals surface area contributed by atoms with Gasteiger partial charge < -0.3 is 15.8 Å². The third kappa shape index (κ3) is 3.50. The molecule has 0 saturated heterocycles. The lowest BCUT2D eigenvalue weighted by atomic mass is 10.2. The largest absolute Gasteiger partial charge is 0.494 e. The first-order valence-corrected chi connectivity index (χ1v) is 6.76. The molecule has 0 amide bonds. The van der Waals surface area contributed by atoms with Gasteiger partial charge in [-0.2, -0.15) is 0 Å². The summed E-state index contributed by atoms with van der Waals surface area (Å²) in [7, 11) is 1.45. The molecule has 19 heavy (non-hydrogen) atoms. The minimum absolute atomic E-state index is 0.214. The second-order valence-electron chi connectivity index (χ2n) is 4.86. The summed E-state index contributed by atoms with van der Waals surface area (Å²) < 4.78 is 18.4. The van der Waals surface area contributed by atoms with Crippen molar-refractivity contribution in [1.82, 2.24) is 4.90 Å². The summed E-state index contributed by atoms with van der Waals surface area (Å²) in [6.45, 7) is 5.01. The van der Waals surface area contributed by atoms with E-state index in [2.05, 4.69) is 17.1 Å². The van der Waals surface area contributed by atoms with Gasteiger partial charge in [-0.3, -0.25) is 4.90 Å². The van der Waals surface area contributed by atoms with Crippen LogP contribution in [0.5, 0.6) is 5.75 Å². The number of methoxy groups -OCH3 is 1. The topological polar surface area (TPSA) is 50.5 Å². The van der Waals surface area contributed by atoms with E-state index >= 15 is 0 Å². The van der Waals surface area contributed by atoms with Crippen molar-refractivity contribution in [1.29, 1.82) is 0 Å². The number of hydrogen-bond acceptors (Lipinski definition) is 4. The summed E-state index contributed by atoms with van der Waals surface area (Å²) in [4.78, 5) is 2.45. The van der Waals surface area contributed by atoms with Gasteiger partial charge in [-0.25, -0.2) is 4.39 Å². The molecular weight excluding hydrogens is 245 g/mol. The average Bonchev–Trinajstić information content (AvgIpc) is 3.21. The summed E-state index contributed by atoms with van der Waals surface area (Å²) in [5.41, 5.74) is 6.93. The molecular formula is C14H22FN3O. The Hall–Kier alpha value is -1.49. The van der Waals surface area contributed by atoms with Crippen LogP contribution in [0.25, 0.3) is 0 Å². The number of nitrogens with one attached hydrogen (secondary N) is 1. The van der Waals surface area contributed by atoms with E-state index in [-0.39, 0.29) is 5.75 Å². The van der Waals surface area contributed by atoms with Gasteiger partial charge in [-0.15, -0.1) is 0 Å². The Balaban J connectivity index is 1.91. The molecule has 0 spiro atoms. The van der Waals surface area contributed by atoms with Gasteiger partial charge in [0, 0.05) is 31.3 Å². The third-order valence-electron chi connectivity index (χ3n) is 3.51. The second kappa shape index (κ2) is 6.10. The Morgan fingerprint density at radius 2 is 2.21 bits per heavy atom. The van der Waals surface area contributed by atoms with E-state index < -0.39 is 5.82 Å². The Labute approximate surface area is 113 Å². The number of anilines is 2. The fraction of sp³-hybridized carbons (Fsp3) is 0.571. The number of hydrogen-bond donors (Lipinski definition) is 2. The van der Waals surface area contributed by atoms with Crippen LogP contribution in [0.4, 0.5) is 15.8 Å². The number of nitrogens with two attached hydrogens (primary N) is 1. The van der Waals surface area contributed by atoms with Crippen LogP contribution in [0.15, 0.2) is 12.1 Å². The first kappa shape index (κ1) is 13.9. The summed E-state index contributed by atoms with van der Waals surface area (Å²) in [6.07, 6.45) is 2.61. The first-order valence-electron chi connectivity index (χ1n) is 6.76. The van der Waals surface area contributed by atoms with Crippen molar-refractivity contribution in [2.75, 3.05) is 37.8 Å². The number of halogens is 1. The normalized spacial score (nSPS) is 14.7. The Morgan fingerprint density at radius 1 is 1.47 bits per heavy atom. The number of likely N-dealkylation sites (N-methyl/N-ethyl adjacent to an activating group) is 1. The quantitative estimate of drug-likeness (QED) is 0.744. The van der Waals surface area contributed by atoms with Gasteiger partial charge in [0.1, 0.15) is 0 Å². The maximum absolute atomic E-state index is 13.4. The average molecular weight is 267 g/mol. The highest BCUT2D eigenvalue weighted by atomic mass is 19.1. The van der Waals surface area contributed by atoms with Gasteiger partial charge >= 0.3 is 0 Å². The van der Waals surface area contributed by atoms with Crippen molar-refractivity contribution in [2.24, 2.45) is 0 Å². The molecule has 0 radical (unpaired) electrons. The van der Waals surface area contributed by atoms with Crippen molar-refractivity contribution in [2.45, 2.75) is 25.8 Å². The van der Waals surface area contributed by atoms with E-state index in [1.165, 1.54) is 26.0 Å². The molecule has 5 heteroatoms. The minimum atomic E-state index is -0.432. The molecule has 0 aromatic heterocycles. The Morgan fingerprint density at radius 3 is 2.79 bits per heavy atom. The molecule has 0 aliphatic heterocycles. The fourth-order valence-electron chi connectivity index (χ4n) is 2.25. The van der Waals surface area contributed by atoms with Gasteiger partial charge in [0.15, 0.2) is 11.6 Å². The van der Waals surface area contributed by atoms with Crippen LogP contribution < -0.4 is 15.8 Å². The Kier molecular flexibility index (Phi) is 4.47. The van der Waals surface area contributed by atoms with E-state index in [0.717, 1.165) is 31.4 Å². The van der Waals surface area contributed by atoms with Crippen LogP contribution in [-0.4, -0.2) is 37.7 Å². The number of benzene rings is 1. The van der Waals surface area contributed by atoms with Gasteiger partial charge in [0.05, 0.1) is 18.5 Å². The smallest absolute Gasteiger partial charge is 0.167 e. The fourth-order valence-corrected chi connectivity index (χ4v) is 2.25. The highest BCUT2D eigenvalue weighted by molar-refractivity contribution is 5.68. The number of rotatable bonds is 7. The molecule has 1 saturated carbocycles. The highest BCUT2D eigenvalue weighted by Crippen LogP contribution is 2.28. The maximum atomic E-state index is 13.4. The molecule has 2 rings (SSSR count). The van der Waals surface area contributed by atoms with E-state index in [9.17, 15) is 4.39 Å². The summed E-state index contributed by atoms with van der Waals surface area (Å²) in [5, 5.41) is 3.25. The van der Waals surface area contributed by atoms with Crippen LogP contribution in [-0.2, 0) is 0 Å². The van der Waals surface area contributed by atoms with E-state index in [0.29, 0.717) is 5.69 Å². The molecule has 0 heterocycles. The summed E-state index contributed by atoms with van der Waals surface area (Å²) in [6, 6.07) is 3.66. The van der Waals surface area contributed by atoms with Crippen LogP contribution in [0.1, 0.15) is 19.8 Å². The van der Waals surface area contributed by atoms with E-state index in [1.54, 1.807) is 6.07 Å². The number of nitrogen functional groups attached to an aromatic ring is 1. The standard InChI is InChI=1S/C14H22FN3O/c1-3-18(10-4-5-10)7-6-17-13-9-14(19-2)11(15)8-12(13)16/h8-10,17H,3-7,16H2,1-2H3. The molecule has 3 N–H and O–H groups in total. The summed E-state index contributed by atoms with van der Waals surface area (Å²) in [5.74, 6) is -0.218. The predicted octanol–water partition coefficient (Wildman–Crippen LogP) is 2.31. The van der Waals surface area contributed by atoms with Gasteiger partial charge in [-0.1, -0.05) is 6.92 Å². The van der Waals surface area contributed by atoms with Crippen molar-refractivity contribution in [3.8, 4) is 5.75 Å². The molecule has 0 atom stereocenters. The van der Waals surface area contributed by atoms with Crippen molar-refractivity contribution < 1.29 is 9.13 Å². The molecule has 1 aliphatic rings. The lowest BCUT2D eigenvalue weighted by Crippen LogP contribution is -2.31. The van der Waals surface area contributed by atoms with Gasteiger partial charge in [0.25, 0.3) is 0 Å². The molecule has 106 valence electrons. The molecule has 4 nitrogen and oxygen atoms in total. The number of nitrogens with zero attached hydrogens (tertiary/aromatic N) is 1. The van der Waals surface area contributed by atoms with E-state index in [1.807, 2.05) is 0 Å². The highest BCUT2D eigenvalue weighted by Gasteiger charge is 2.27. The lowest BCUT2D eigenvalue weighted by Gasteiger charge is -2.20. The molecule has 0 bridgehead atoms. The zero-order chi connectivity index (χ0) is 13.8. The third-order valence-corrected chi connectivity index (χ3v) is 3.51. The van der Waals surface area contributed by atoms with Gasteiger partial charge in [0.2, 0.25) is 0 Å². The SMILES string of the molecule is CCN(CCNc1cc(OC)c(F)cc1N)C1CC1. The van der Waals surface area contributed by atoms with Crippen molar-refractivity contribution in [3.05, 3.63) is 17.9 Å². The second-order valence-corrected chi connectivity index (χ2v) is 4.86. The molecule has 1 fully saturated rings. The zero-order valence-corrected chi connectivity index (χ0v) is 11.6. The van der Waals surface area contributed by atoms with E-state index in [4.69, 9.17) is 10.5 Å². The van der Waals surface area contributed by atoms with Crippen LogP contribution in [0.3, 0.4) is 0 Å². The zero-order valence-electron chi connectivity index (χ0n) is 11.6. The molecule has 1 aromatic carbocycles. The molecule has 1 aromatic rings. The molecule has 0 unspecified atom stereocenters. The first-order chi connectivity index (χ1) is 9.15. The number of ether oxygens (including phenoxy) is 1. The summed E-state index contributed by atoms with van der Waals surface area (Å²) >= 11 is 0. The van der Waals surface area contributed by atoms with Gasteiger partial charge in [-0.05, 0) is 19.4 Å². The molecule has 1 aliphatic carbocycles. The van der Waals surface area contributed by atoms with Crippen LogP contribution >= 0.6 is 0 Å². The van der Waals surface area contributed by atoms with Crippen molar-refractivity contribution >= 4 is 11.4 Å². The lowest BCUT2D eigenvalue weighted by molar-refractivity contribution is 0.289. The van der Waals surface area contributed by atoms with Crippen molar-refractivity contribution in [3.63, 3.8) is 0 Å². The maximum Gasteiger partial charge on any atom is 0.167 e. The van der Waals surface area contributed by atoms with Crippen LogP contribution in [0.2, 0.25) is 0 Å². The predicted molar refractivity (Wildman–Crippen MR) is 76.1 cm³/mol. The minimum Gasteiger partial charge on any atom is -0.494 e. The van der Waals surface area contributed by atoms with Crippen LogP contribution in [0, 0.1) is 5.82 Å². The Bertz CT molecular complexity index is 435.